The number of aryl methyl sites for hydroxylation is 3. The lowest BCUT2D eigenvalue weighted by Gasteiger charge is -2.23. The third-order valence-electron chi connectivity index (χ3n) is 4.32. The Morgan fingerprint density at radius 1 is 1.29 bits per heavy atom. The number of hydrogen-bond donors (Lipinski definition) is 1. The van der Waals surface area contributed by atoms with Crippen molar-refractivity contribution in [1.29, 1.82) is 0 Å². The van der Waals surface area contributed by atoms with Crippen LogP contribution in [0, 0.1) is 0 Å². The van der Waals surface area contributed by atoms with Crippen molar-refractivity contribution in [3.8, 4) is 11.4 Å². The van der Waals surface area contributed by atoms with Crippen molar-refractivity contribution in [1.82, 2.24) is 24.5 Å². The van der Waals surface area contributed by atoms with Crippen molar-refractivity contribution < 1.29 is 9.90 Å². The highest BCUT2D eigenvalue weighted by molar-refractivity contribution is 5.69. The largest absolute Gasteiger partial charge is 0.465 e. The molecule has 2 aromatic heterocycles. The van der Waals surface area contributed by atoms with Gasteiger partial charge in [-0.25, -0.2) is 4.79 Å². The average Bonchev–Trinajstić information content (AvgIpc) is 2.93. The van der Waals surface area contributed by atoms with Gasteiger partial charge in [0, 0.05) is 38.3 Å². The lowest BCUT2D eigenvalue weighted by Crippen LogP contribution is -2.34. The van der Waals surface area contributed by atoms with E-state index in [2.05, 4.69) is 11.3 Å². The minimum absolute atomic E-state index is 0.413. The molecule has 0 saturated heterocycles. The minimum atomic E-state index is -0.865. The topological polar surface area (TPSA) is 76.2 Å². The van der Waals surface area contributed by atoms with Gasteiger partial charge in [-0.15, -0.1) is 0 Å². The van der Waals surface area contributed by atoms with Crippen molar-refractivity contribution in [2.45, 2.75) is 32.4 Å². The third-order valence-corrected chi connectivity index (χ3v) is 4.32. The first-order valence-corrected chi connectivity index (χ1v) is 7.23. The molecule has 0 unspecified atom stereocenters. The molecule has 21 heavy (non-hydrogen) atoms. The van der Waals surface area contributed by atoms with Crippen molar-refractivity contribution in [3.63, 3.8) is 0 Å². The Labute approximate surface area is 121 Å². The molecule has 4 rings (SSSR count). The summed E-state index contributed by atoms with van der Waals surface area (Å²) in [6.45, 7) is 1.80. The number of rotatable bonds is 0. The van der Waals surface area contributed by atoms with Crippen LogP contribution in [-0.4, -0.2) is 42.2 Å². The van der Waals surface area contributed by atoms with Gasteiger partial charge < -0.3 is 10.0 Å². The molecular formula is C14H17N5O2. The summed E-state index contributed by atoms with van der Waals surface area (Å²) in [4.78, 5) is 12.7. The molecule has 0 spiro atoms. The van der Waals surface area contributed by atoms with Crippen molar-refractivity contribution in [2.75, 3.05) is 6.54 Å². The van der Waals surface area contributed by atoms with Gasteiger partial charge in [-0.2, -0.15) is 10.2 Å². The van der Waals surface area contributed by atoms with E-state index in [0.717, 1.165) is 42.0 Å². The Kier molecular flexibility index (Phi) is 2.57. The summed E-state index contributed by atoms with van der Waals surface area (Å²) in [5.41, 5.74) is 5.28. The van der Waals surface area contributed by atoms with Crippen LogP contribution in [0.15, 0.2) is 6.20 Å². The van der Waals surface area contributed by atoms with Gasteiger partial charge in [-0.1, -0.05) is 0 Å². The van der Waals surface area contributed by atoms with Crippen LogP contribution in [0.1, 0.15) is 23.2 Å². The molecule has 2 aromatic rings. The van der Waals surface area contributed by atoms with Crippen LogP contribution < -0.4 is 0 Å². The van der Waals surface area contributed by atoms with E-state index in [1.807, 2.05) is 16.4 Å². The monoisotopic (exact) mass is 287 g/mol. The summed E-state index contributed by atoms with van der Waals surface area (Å²) in [6, 6.07) is 0. The smallest absolute Gasteiger partial charge is 0.407 e. The molecule has 1 N–H and O–H groups in total. The van der Waals surface area contributed by atoms with Crippen LogP contribution in [-0.2, 0) is 33.0 Å². The van der Waals surface area contributed by atoms with E-state index < -0.39 is 6.09 Å². The normalized spacial score (nSPS) is 16.9. The van der Waals surface area contributed by atoms with Gasteiger partial charge in [0.15, 0.2) is 0 Å². The predicted molar refractivity (Wildman–Crippen MR) is 74.9 cm³/mol. The minimum Gasteiger partial charge on any atom is -0.465 e. The van der Waals surface area contributed by atoms with Crippen LogP contribution in [0.2, 0.25) is 0 Å². The first-order chi connectivity index (χ1) is 10.1. The molecule has 0 fully saturated rings. The van der Waals surface area contributed by atoms with Crippen LogP contribution in [0.25, 0.3) is 11.4 Å². The van der Waals surface area contributed by atoms with Gasteiger partial charge in [-0.05, 0) is 18.4 Å². The van der Waals surface area contributed by atoms with Crippen LogP contribution >= 0.6 is 0 Å². The molecule has 7 heteroatoms. The Balaban J connectivity index is 1.88. The van der Waals surface area contributed by atoms with E-state index in [0.29, 0.717) is 19.5 Å². The molecule has 110 valence electrons. The fourth-order valence-corrected chi connectivity index (χ4v) is 3.36. The van der Waals surface area contributed by atoms with E-state index in [1.54, 1.807) is 0 Å². The maximum atomic E-state index is 11.3. The molecule has 4 heterocycles. The maximum absolute atomic E-state index is 11.3. The third kappa shape index (κ3) is 1.84. The number of nitrogens with zero attached hydrogens (tertiary/aromatic N) is 5. The quantitative estimate of drug-likeness (QED) is 0.791. The fourth-order valence-electron chi connectivity index (χ4n) is 3.36. The summed E-state index contributed by atoms with van der Waals surface area (Å²) >= 11 is 0. The molecule has 0 aromatic carbocycles. The molecule has 2 aliphatic heterocycles. The number of amides is 1. The zero-order valence-electron chi connectivity index (χ0n) is 11.9. The van der Waals surface area contributed by atoms with E-state index >= 15 is 0 Å². The van der Waals surface area contributed by atoms with E-state index in [4.69, 9.17) is 5.10 Å². The van der Waals surface area contributed by atoms with Crippen LogP contribution in [0.5, 0.6) is 0 Å². The predicted octanol–water partition coefficient (Wildman–Crippen LogP) is 1.27. The van der Waals surface area contributed by atoms with Gasteiger partial charge in [0.25, 0.3) is 0 Å². The molecule has 0 bridgehead atoms. The number of fused-ring (bicyclic) bond motifs is 5. The van der Waals surface area contributed by atoms with Gasteiger partial charge >= 0.3 is 6.09 Å². The molecule has 0 aliphatic carbocycles. The number of carboxylic acid groups (broad SMARTS) is 1. The SMILES string of the molecule is Cn1cc2c(n1)-c1c3c(nn1CCC2)CCN(C(=O)O)C3. The highest BCUT2D eigenvalue weighted by Crippen LogP contribution is 2.34. The molecule has 0 saturated carbocycles. The standard InChI is InChI=1S/C14H17N5O2/c1-17-7-9-3-2-5-19-13(12(9)16-17)10-8-18(14(20)21)6-4-11(10)15-19/h7H,2-6,8H2,1H3,(H,20,21). The van der Waals surface area contributed by atoms with Gasteiger partial charge in [0.05, 0.1) is 17.9 Å². The zero-order chi connectivity index (χ0) is 14.6. The summed E-state index contributed by atoms with van der Waals surface area (Å²) in [5, 5.41) is 18.5. The lowest BCUT2D eigenvalue weighted by molar-refractivity contribution is 0.140. The maximum Gasteiger partial charge on any atom is 0.407 e. The zero-order valence-corrected chi connectivity index (χ0v) is 11.9. The Hall–Kier alpha value is -2.31. The summed E-state index contributed by atoms with van der Waals surface area (Å²) < 4.78 is 3.85. The Bertz CT molecular complexity index is 730. The molecule has 0 atom stereocenters. The first-order valence-electron chi connectivity index (χ1n) is 7.23. The Morgan fingerprint density at radius 3 is 2.95 bits per heavy atom. The highest BCUT2D eigenvalue weighted by Gasteiger charge is 2.30. The van der Waals surface area contributed by atoms with Crippen molar-refractivity contribution in [2.24, 2.45) is 7.05 Å². The second-order valence-corrected chi connectivity index (χ2v) is 5.73. The van der Waals surface area contributed by atoms with Gasteiger partial charge in [0.1, 0.15) is 5.69 Å². The van der Waals surface area contributed by atoms with Gasteiger partial charge in [-0.3, -0.25) is 9.36 Å². The number of carbonyl (C=O) groups is 1. The van der Waals surface area contributed by atoms with E-state index in [1.165, 1.54) is 10.5 Å². The van der Waals surface area contributed by atoms with Gasteiger partial charge in [0.2, 0.25) is 0 Å². The second kappa shape index (κ2) is 4.34. The molecule has 7 nitrogen and oxygen atoms in total. The molecule has 2 aliphatic rings. The molecular weight excluding hydrogens is 270 g/mol. The average molecular weight is 287 g/mol. The van der Waals surface area contributed by atoms with E-state index in [-0.39, 0.29) is 0 Å². The summed E-state index contributed by atoms with van der Waals surface area (Å²) in [6.07, 6.45) is 3.90. The lowest BCUT2D eigenvalue weighted by atomic mass is 10.0. The molecule has 1 amide bonds. The summed E-state index contributed by atoms with van der Waals surface area (Å²) in [7, 11) is 1.92. The second-order valence-electron chi connectivity index (χ2n) is 5.73. The molecule has 0 radical (unpaired) electrons. The first kappa shape index (κ1) is 12.4. The fraction of sp³-hybridized carbons (Fsp3) is 0.500. The number of hydrogen-bond acceptors (Lipinski definition) is 3. The number of aromatic nitrogens is 4. The van der Waals surface area contributed by atoms with E-state index in [9.17, 15) is 9.90 Å². The summed E-state index contributed by atoms with van der Waals surface area (Å²) in [5.74, 6) is 0. The van der Waals surface area contributed by atoms with Crippen LogP contribution in [0.3, 0.4) is 0 Å². The highest BCUT2D eigenvalue weighted by atomic mass is 16.4. The van der Waals surface area contributed by atoms with Crippen LogP contribution in [0.4, 0.5) is 4.79 Å². The Morgan fingerprint density at radius 2 is 2.14 bits per heavy atom. The van der Waals surface area contributed by atoms with Crippen molar-refractivity contribution >= 4 is 6.09 Å². The van der Waals surface area contributed by atoms with Crippen molar-refractivity contribution in [3.05, 3.63) is 23.0 Å².